The fourth-order valence-electron chi connectivity index (χ4n) is 1.38. The molecule has 0 aliphatic rings. The van der Waals surface area contributed by atoms with Crippen molar-refractivity contribution in [2.45, 2.75) is 19.4 Å². The Morgan fingerprint density at radius 2 is 2.25 bits per heavy atom. The van der Waals surface area contributed by atoms with Crippen molar-refractivity contribution >= 4 is 21.4 Å². The summed E-state index contributed by atoms with van der Waals surface area (Å²) in [5, 5.41) is 10.7. The molecule has 0 aliphatic carbocycles. The Morgan fingerprint density at radius 3 is 2.75 bits per heavy atom. The van der Waals surface area contributed by atoms with Crippen molar-refractivity contribution in [2.75, 3.05) is 19.4 Å². The molecule has 1 unspecified atom stereocenters. The van der Waals surface area contributed by atoms with E-state index in [1.807, 2.05) is 24.4 Å². The number of hydrogen-bond acceptors (Lipinski definition) is 4. The second kappa shape index (κ2) is 5.77. The Hall–Kier alpha value is -0.430. The van der Waals surface area contributed by atoms with Crippen LogP contribution in [0.25, 0.3) is 0 Å². The largest absolute Gasteiger partial charge is 0.395 e. The lowest BCUT2D eigenvalue weighted by Gasteiger charge is -2.23. The summed E-state index contributed by atoms with van der Waals surface area (Å²) in [4.78, 5) is 1.17. The normalized spacial score (nSPS) is 14.2. The fourth-order valence-corrected chi connectivity index (χ4v) is 3.35. The molecular formula is C10H17NO3S2. The van der Waals surface area contributed by atoms with Gasteiger partial charge in [0.15, 0.2) is 0 Å². The first-order chi connectivity index (χ1) is 7.47. The number of sulfonamides is 1. The summed E-state index contributed by atoms with van der Waals surface area (Å²) < 4.78 is 24.7. The van der Waals surface area contributed by atoms with E-state index >= 15 is 0 Å². The number of likely N-dealkylation sites (N-methyl/N-ethyl adjacent to an activating group) is 1. The molecule has 0 spiro atoms. The van der Waals surface area contributed by atoms with E-state index < -0.39 is 10.0 Å². The van der Waals surface area contributed by atoms with E-state index in [-0.39, 0.29) is 18.4 Å². The van der Waals surface area contributed by atoms with Gasteiger partial charge in [0.05, 0.1) is 12.4 Å². The quantitative estimate of drug-likeness (QED) is 0.831. The minimum Gasteiger partial charge on any atom is -0.395 e. The Bertz CT molecular complexity index is 400. The molecule has 0 bridgehead atoms. The fraction of sp³-hybridized carbons (Fsp3) is 0.600. The van der Waals surface area contributed by atoms with Crippen molar-refractivity contribution in [3.63, 3.8) is 0 Å². The number of aliphatic hydroxyl groups is 1. The van der Waals surface area contributed by atoms with E-state index in [1.54, 1.807) is 18.4 Å². The number of aliphatic hydroxyl groups excluding tert-OH is 1. The van der Waals surface area contributed by atoms with E-state index in [0.717, 1.165) is 0 Å². The first-order valence-corrected chi connectivity index (χ1v) is 7.55. The topological polar surface area (TPSA) is 57.6 Å². The molecule has 6 heteroatoms. The minimum absolute atomic E-state index is 0.0878. The van der Waals surface area contributed by atoms with Crippen molar-refractivity contribution in [2.24, 2.45) is 0 Å². The van der Waals surface area contributed by atoms with E-state index in [2.05, 4.69) is 0 Å². The first-order valence-electron chi connectivity index (χ1n) is 5.06. The van der Waals surface area contributed by atoms with Gasteiger partial charge < -0.3 is 5.11 Å². The number of rotatable bonds is 6. The molecule has 4 nitrogen and oxygen atoms in total. The zero-order valence-corrected chi connectivity index (χ0v) is 11.1. The summed E-state index contributed by atoms with van der Waals surface area (Å²) in [6, 6.07) is 3.86. The van der Waals surface area contributed by atoms with E-state index in [1.165, 1.54) is 9.18 Å². The zero-order valence-electron chi connectivity index (χ0n) is 9.46. The van der Waals surface area contributed by atoms with E-state index in [0.29, 0.717) is 6.42 Å². The van der Waals surface area contributed by atoms with Gasteiger partial charge in [0, 0.05) is 18.0 Å². The summed E-state index contributed by atoms with van der Waals surface area (Å²) in [5.41, 5.74) is 0. The minimum atomic E-state index is -3.32. The maximum atomic E-state index is 11.7. The smallest absolute Gasteiger partial charge is 0.216 e. The molecule has 0 aliphatic heterocycles. The molecule has 0 aromatic carbocycles. The molecular weight excluding hydrogens is 246 g/mol. The highest BCUT2D eigenvalue weighted by Crippen LogP contribution is 2.15. The Balaban J connectivity index is 2.63. The lowest BCUT2D eigenvalue weighted by atomic mass is 10.2. The molecule has 0 radical (unpaired) electrons. The molecule has 0 fully saturated rings. The first kappa shape index (κ1) is 13.6. The highest BCUT2D eigenvalue weighted by Gasteiger charge is 2.22. The van der Waals surface area contributed by atoms with Gasteiger partial charge in [0.25, 0.3) is 0 Å². The van der Waals surface area contributed by atoms with Crippen LogP contribution in [-0.4, -0.2) is 43.3 Å². The SMILES string of the molecule is CC(Cc1cccs1)N(C)S(=O)(=O)CCO. The van der Waals surface area contributed by atoms with Crippen molar-refractivity contribution in [3.05, 3.63) is 22.4 Å². The molecule has 1 N–H and O–H groups in total. The van der Waals surface area contributed by atoms with Crippen LogP contribution in [0.2, 0.25) is 0 Å². The molecule has 0 saturated heterocycles. The third kappa shape index (κ3) is 3.55. The highest BCUT2D eigenvalue weighted by atomic mass is 32.2. The lowest BCUT2D eigenvalue weighted by molar-refractivity contribution is 0.312. The van der Waals surface area contributed by atoms with Gasteiger partial charge >= 0.3 is 0 Å². The van der Waals surface area contributed by atoms with Crippen LogP contribution >= 0.6 is 11.3 Å². The van der Waals surface area contributed by atoms with Crippen LogP contribution in [0.3, 0.4) is 0 Å². The Labute approximate surface area is 101 Å². The molecule has 1 atom stereocenters. The van der Waals surface area contributed by atoms with Gasteiger partial charge in [0.2, 0.25) is 10.0 Å². The predicted octanol–water partition coefficient (Wildman–Crippen LogP) is 0.933. The second-order valence-corrected chi connectivity index (χ2v) is 6.87. The van der Waals surface area contributed by atoms with Gasteiger partial charge in [-0.1, -0.05) is 6.07 Å². The maximum absolute atomic E-state index is 11.7. The summed E-state index contributed by atoms with van der Waals surface area (Å²) in [6.07, 6.45) is 0.707. The molecule has 0 saturated carbocycles. The van der Waals surface area contributed by atoms with Crippen LogP contribution in [0.5, 0.6) is 0 Å². The van der Waals surface area contributed by atoms with E-state index in [9.17, 15) is 8.42 Å². The van der Waals surface area contributed by atoms with E-state index in [4.69, 9.17) is 5.11 Å². The molecule has 1 aromatic rings. The van der Waals surface area contributed by atoms with Crippen molar-refractivity contribution in [1.82, 2.24) is 4.31 Å². The number of thiophene rings is 1. The summed E-state index contributed by atoms with van der Waals surface area (Å²) in [6.45, 7) is 1.53. The van der Waals surface area contributed by atoms with Crippen LogP contribution in [0, 0.1) is 0 Å². The van der Waals surface area contributed by atoms with Crippen molar-refractivity contribution in [1.29, 1.82) is 0 Å². The van der Waals surface area contributed by atoms with Gasteiger partial charge in [-0.2, -0.15) is 0 Å². The van der Waals surface area contributed by atoms with Gasteiger partial charge in [-0.3, -0.25) is 0 Å². The summed E-state index contributed by atoms with van der Waals surface area (Å²) >= 11 is 1.62. The zero-order chi connectivity index (χ0) is 12.2. The summed E-state index contributed by atoms with van der Waals surface area (Å²) in [5.74, 6) is -0.210. The van der Waals surface area contributed by atoms with Gasteiger partial charge in [0.1, 0.15) is 0 Å². The third-order valence-electron chi connectivity index (χ3n) is 2.49. The molecule has 0 amide bonds. The van der Waals surface area contributed by atoms with Crippen molar-refractivity contribution in [3.8, 4) is 0 Å². The second-order valence-electron chi connectivity index (χ2n) is 3.69. The Kier molecular flexibility index (Phi) is 4.91. The monoisotopic (exact) mass is 263 g/mol. The van der Waals surface area contributed by atoms with Crippen LogP contribution in [-0.2, 0) is 16.4 Å². The summed E-state index contributed by atoms with van der Waals surface area (Å²) in [7, 11) is -1.77. The van der Waals surface area contributed by atoms with Crippen molar-refractivity contribution < 1.29 is 13.5 Å². The van der Waals surface area contributed by atoms with Crippen LogP contribution < -0.4 is 0 Å². The average molecular weight is 263 g/mol. The van der Waals surface area contributed by atoms with Crippen LogP contribution in [0.4, 0.5) is 0 Å². The van der Waals surface area contributed by atoms with Gasteiger partial charge in [-0.05, 0) is 24.8 Å². The maximum Gasteiger partial charge on any atom is 0.216 e. The highest BCUT2D eigenvalue weighted by molar-refractivity contribution is 7.89. The number of nitrogens with zero attached hydrogens (tertiary/aromatic N) is 1. The average Bonchev–Trinajstić information content (AvgIpc) is 2.69. The lowest BCUT2D eigenvalue weighted by Crippen LogP contribution is -2.38. The van der Waals surface area contributed by atoms with Crippen LogP contribution in [0.1, 0.15) is 11.8 Å². The molecule has 1 heterocycles. The molecule has 1 aromatic heterocycles. The third-order valence-corrected chi connectivity index (χ3v) is 5.32. The molecule has 1 rings (SSSR count). The molecule has 92 valence electrons. The van der Waals surface area contributed by atoms with Crippen LogP contribution in [0.15, 0.2) is 17.5 Å². The predicted molar refractivity (Wildman–Crippen MR) is 66.1 cm³/mol. The number of hydrogen-bond donors (Lipinski definition) is 1. The standard InChI is InChI=1S/C10H17NO3S2/c1-9(8-10-4-3-6-15-10)11(2)16(13,14)7-5-12/h3-4,6,9,12H,5,7-8H2,1-2H3. The Morgan fingerprint density at radius 1 is 1.56 bits per heavy atom. The van der Waals surface area contributed by atoms with Gasteiger partial charge in [-0.25, -0.2) is 12.7 Å². The molecule has 16 heavy (non-hydrogen) atoms. The van der Waals surface area contributed by atoms with Gasteiger partial charge in [-0.15, -0.1) is 11.3 Å².